The molecule has 1 aromatic carbocycles. The Morgan fingerprint density at radius 3 is 2.78 bits per heavy atom. The number of alkyl halides is 1. The van der Waals surface area contributed by atoms with Gasteiger partial charge in [-0.1, -0.05) is 40.2 Å². The van der Waals surface area contributed by atoms with E-state index in [1.807, 2.05) is 24.3 Å². The van der Waals surface area contributed by atoms with Gasteiger partial charge in [-0.05, 0) is 28.8 Å². The van der Waals surface area contributed by atoms with Crippen LogP contribution in [0.15, 0.2) is 41.0 Å². The van der Waals surface area contributed by atoms with E-state index >= 15 is 0 Å². The maximum Gasteiger partial charge on any atom is 0.256 e. The van der Waals surface area contributed by atoms with Gasteiger partial charge in [0.15, 0.2) is 0 Å². The number of hydrogen-bond donors (Lipinski definition) is 1. The molecule has 1 aromatic heterocycles. The van der Waals surface area contributed by atoms with Crippen molar-refractivity contribution in [3.8, 4) is 0 Å². The molecule has 0 aliphatic carbocycles. The number of benzene rings is 1. The minimum atomic E-state index is -0.238. The van der Waals surface area contributed by atoms with E-state index in [1.54, 1.807) is 6.07 Å². The summed E-state index contributed by atoms with van der Waals surface area (Å²) in [6, 6.07) is 9.53. The molecule has 0 aliphatic rings. The first-order chi connectivity index (χ1) is 8.70. The number of carbonyl (C=O) groups is 1. The van der Waals surface area contributed by atoms with E-state index in [1.165, 1.54) is 11.8 Å². The molecule has 0 aliphatic heterocycles. The monoisotopic (exact) mass is 327 g/mol. The van der Waals surface area contributed by atoms with Crippen molar-refractivity contribution in [3.63, 3.8) is 0 Å². The third-order valence-corrected chi connectivity index (χ3v) is 3.40. The maximum absolute atomic E-state index is 11.8. The van der Waals surface area contributed by atoms with Crippen LogP contribution in [0.3, 0.4) is 0 Å². The molecule has 0 bridgehead atoms. The van der Waals surface area contributed by atoms with E-state index in [0.29, 0.717) is 12.1 Å². The Hall–Kier alpha value is -1.26. The van der Waals surface area contributed by atoms with Crippen molar-refractivity contribution in [2.45, 2.75) is 11.9 Å². The van der Waals surface area contributed by atoms with Crippen molar-refractivity contribution in [3.05, 3.63) is 58.5 Å². The lowest BCUT2D eigenvalue weighted by Crippen LogP contribution is -2.22. The molecule has 0 atom stereocenters. The second-order valence-corrected chi connectivity index (χ2v) is 4.65. The minimum absolute atomic E-state index is 0.113. The second kappa shape index (κ2) is 6.07. The largest absolute Gasteiger partial charge is 0.452 e. The number of halogens is 2. The van der Waals surface area contributed by atoms with Crippen molar-refractivity contribution in [2.24, 2.45) is 0 Å². The molecule has 2 aromatic rings. The van der Waals surface area contributed by atoms with Crippen LogP contribution in [-0.4, -0.2) is 5.91 Å². The Morgan fingerprint density at radius 2 is 2.11 bits per heavy atom. The van der Waals surface area contributed by atoms with Gasteiger partial charge in [0, 0.05) is 11.9 Å². The molecule has 1 amide bonds. The molecule has 1 heterocycles. The van der Waals surface area contributed by atoms with Gasteiger partial charge in [-0.25, -0.2) is 0 Å². The zero-order valence-corrected chi connectivity index (χ0v) is 11.8. The van der Waals surface area contributed by atoms with Crippen molar-refractivity contribution in [2.75, 3.05) is 0 Å². The first-order valence-corrected chi connectivity index (χ1v) is 6.85. The molecular formula is C13H11BrClNO2. The highest BCUT2D eigenvalue weighted by Gasteiger charge is 2.12. The van der Waals surface area contributed by atoms with Crippen molar-refractivity contribution >= 4 is 33.4 Å². The van der Waals surface area contributed by atoms with Gasteiger partial charge in [0.2, 0.25) is 5.22 Å². The average Bonchev–Trinajstić information content (AvgIpc) is 2.82. The van der Waals surface area contributed by atoms with E-state index in [0.717, 1.165) is 10.9 Å². The third kappa shape index (κ3) is 3.15. The molecule has 5 heteroatoms. The molecule has 0 radical (unpaired) electrons. The predicted octanol–water partition coefficient (Wildman–Crippen LogP) is 3.76. The highest BCUT2D eigenvalue weighted by Crippen LogP contribution is 2.16. The van der Waals surface area contributed by atoms with E-state index in [2.05, 4.69) is 21.2 Å². The van der Waals surface area contributed by atoms with Crippen molar-refractivity contribution in [1.29, 1.82) is 0 Å². The molecule has 0 saturated heterocycles. The fraction of sp³-hybridized carbons (Fsp3) is 0.154. The number of carbonyl (C=O) groups excluding carboxylic acids is 1. The first-order valence-electron chi connectivity index (χ1n) is 5.35. The van der Waals surface area contributed by atoms with E-state index in [4.69, 9.17) is 16.0 Å². The van der Waals surface area contributed by atoms with Crippen LogP contribution in [0.4, 0.5) is 0 Å². The zero-order chi connectivity index (χ0) is 13.0. The first kappa shape index (κ1) is 13.2. The normalized spacial score (nSPS) is 10.3. The summed E-state index contributed by atoms with van der Waals surface area (Å²) in [7, 11) is 0. The standard InChI is InChI=1S/C13H11BrClNO2/c14-7-9-2-1-3-10(6-9)8-16-13(17)11-4-5-18-12(11)15/h1-6H,7-8H2,(H,16,17). The van der Waals surface area contributed by atoms with Crippen LogP contribution in [0, 0.1) is 0 Å². The number of nitrogens with one attached hydrogen (secondary N) is 1. The van der Waals surface area contributed by atoms with E-state index < -0.39 is 0 Å². The fourth-order valence-corrected chi connectivity index (χ4v) is 2.11. The summed E-state index contributed by atoms with van der Waals surface area (Å²) in [5, 5.41) is 3.70. The van der Waals surface area contributed by atoms with Crippen LogP contribution in [0.2, 0.25) is 5.22 Å². The number of rotatable bonds is 4. The van der Waals surface area contributed by atoms with Crippen LogP contribution in [0.5, 0.6) is 0 Å². The van der Waals surface area contributed by atoms with Gasteiger partial charge in [-0.15, -0.1) is 0 Å². The third-order valence-electron chi connectivity index (χ3n) is 2.46. The average molecular weight is 329 g/mol. The summed E-state index contributed by atoms with van der Waals surface area (Å²) in [5.41, 5.74) is 2.57. The quantitative estimate of drug-likeness (QED) is 0.868. The van der Waals surface area contributed by atoms with E-state index in [9.17, 15) is 4.79 Å². The summed E-state index contributed by atoms with van der Waals surface area (Å²) >= 11 is 9.13. The van der Waals surface area contributed by atoms with Gasteiger partial charge in [0.25, 0.3) is 5.91 Å². The summed E-state index contributed by atoms with van der Waals surface area (Å²) < 4.78 is 4.87. The molecule has 94 valence electrons. The molecule has 2 rings (SSSR count). The number of furan rings is 1. The molecule has 3 nitrogen and oxygen atoms in total. The zero-order valence-electron chi connectivity index (χ0n) is 9.45. The van der Waals surface area contributed by atoms with Gasteiger partial charge in [0.1, 0.15) is 0 Å². The number of amides is 1. The molecule has 1 N–H and O–H groups in total. The van der Waals surface area contributed by atoms with Crippen LogP contribution >= 0.6 is 27.5 Å². The Balaban J connectivity index is 1.99. The molecule has 0 fully saturated rings. The van der Waals surface area contributed by atoms with E-state index in [-0.39, 0.29) is 11.1 Å². The highest BCUT2D eigenvalue weighted by atomic mass is 79.9. The van der Waals surface area contributed by atoms with Gasteiger partial charge in [0.05, 0.1) is 11.8 Å². The second-order valence-electron chi connectivity index (χ2n) is 3.74. The smallest absolute Gasteiger partial charge is 0.256 e. The van der Waals surface area contributed by atoms with Crippen molar-refractivity contribution < 1.29 is 9.21 Å². The maximum atomic E-state index is 11.8. The lowest BCUT2D eigenvalue weighted by molar-refractivity contribution is 0.0950. The highest BCUT2D eigenvalue weighted by molar-refractivity contribution is 9.08. The summed E-state index contributed by atoms with van der Waals surface area (Å²) in [4.78, 5) is 11.8. The fourth-order valence-electron chi connectivity index (χ4n) is 1.56. The van der Waals surface area contributed by atoms with Crippen LogP contribution in [-0.2, 0) is 11.9 Å². The Bertz CT molecular complexity index is 553. The lowest BCUT2D eigenvalue weighted by Gasteiger charge is -2.05. The molecule has 0 unspecified atom stereocenters. The Morgan fingerprint density at radius 1 is 1.33 bits per heavy atom. The Kier molecular flexibility index (Phi) is 4.44. The summed E-state index contributed by atoms with van der Waals surface area (Å²) in [6.45, 7) is 0.460. The minimum Gasteiger partial charge on any atom is -0.452 e. The predicted molar refractivity (Wildman–Crippen MR) is 74.0 cm³/mol. The summed E-state index contributed by atoms with van der Waals surface area (Å²) in [5.74, 6) is -0.238. The van der Waals surface area contributed by atoms with Gasteiger partial charge in [-0.2, -0.15) is 0 Å². The van der Waals surface area contributed by atoms with Gasteiger partial charge < -0.3 is 9.73 Å². The molecule has 0 saturated carbocycles. The van der Waals surface area contributed by atoms with Gasteiger partial charge >= 0.3 is 0 Å². The van der Waals surface area contributed by atoms with Crippen LogP contribution in [0.1, 0.15) is 21.5 Å². The number of hydrogen-bond acceptors (Lipinski definition) is 2. The van der Waals surface area contributed by atoms with Gasteiger partial charge in [-0.3, -0.25) is 4.79 Å². The molecule has 0 spiro atoms. The summed E-state index contributed by atoms with van der Waals surface area (Å²) in [6.07, 6.45) is 1.39. The topological polar surface area (TPSA) is 42.2 Å². The molecule has 18 heavy (non-hydrogen) atoms. The van der Waals surface area contributed by atoms with Crippen LogP contribution in [0.25, 0.3) is 0 Å². The van der Waals surface area contributed by atoms with Crippen LogP contribution < -0.4 is 5.32 Å². The SMILES string of the molecule is O=C(NCc1cccc(CBr)c1)c1ccoc1Cl. The van der Waals surface area contributed by atoms with Crippen molar-refractivity contribution in [1.82, 2.24) is 5.32 Å². The molecular weight excluding hydrogens is 318 g/mol. The lowest BCUT2D eigenvalue weighted by atomic mass is 10.1. The Labute approximate surface area is 118 Å².